The predicted octanol–water partition coefficient (Wildman–Crippen LogP) is 5.05. The first kappa shape index (κ1) is 25.8. The van der Waals surface area contributed by atoms with Crippen molar-refractivity contribution >= 4 is 36.0 Å². The Kier molecular flexibility index (Phi) is 7.51. The van der Waals surface area contributed by atoms with Gasteiger partial charge in [-0.1, -0.05) is 12.9 Å². The first-order valence-electron chi connectivity index (χ1n) is 11.4. The summed E-state index contributed by atoms with van der Waals surface area (Å²) in [5, 5.41) is 8.14. The van der Waals surface area contributed by atoms with Gasteiger partial charge in [0, 0.05) is 35.3 Å². The fraction of sp³-hybridized carbons (Fsp3) is 0.231. The molecule has 3 heterocycles. The van der Waals surface area contributed by atoms with E-state index in [1.165, 1.54) is 19.1 Å². The monoisotopic (exact) mass is 504 g/mol. The van der Waals surface area contributed by atoms with Gasteiger partial charge in [0.25, 0.3) is 0 Å². The maximum Gasteiger partial charge on any atom is 0.329 e. The molecule has 1 aromatic carbocycles. The Morgan fingerprint density at radius 1 is 1.16 bits per heavy atom. The molecule has 189 valence electrons. The van der Waals surface area contributed by atoms with Gasteiger partial charge in [-0.2, -0.15) is 0 Å². The number of carbonyl (C=O) groups is 1. The number of pyridine rings is 2. The summed E-state index contributed by atoms with van der Waals surface area (Å²) in [5.41, 5.74) is 2.45. The number of aromatic nitrogens is 2. The third-order valence-corrected chi connectivity index (χ3v) is 5.92. The molecule has 1 aliphatic rings. The Bertz CT molecular complexity index is 1360. The summed E-state index contributed by atoms with van der Waals surface area (Å²) in [4.78, 5) is 25.1. The molecule has 2 aromatic heterocycles. The third-order valence-electron chi connectivity index (χ3n) is 5.92. The quantitative estimate of drug-likeness (QED) is 0.343. The first-order valence-corrected chi connectivity index (χ1v) is 11.4. The van der Waals surface area contributed by atoms with Gasteiger partial charge in [-0.15, -0.1) is 5.98 Å². The van der Waals surface area contributed by atoms with E-state index in [9.17, 15) is 4.79 Å². The highest BCUT2D eigenvalue weighted by Gasteiger charge is 2.37. The van der Waals surface area contributed by atoms with Crippen LogP contribution in [0.25, 0.3) is 5.57 Å². The van der Waals surface area contributed by atoms with Crippen molar-refractivity contribution in [1.29, 1.82) is 5.41 Å². The minimum absolute atomic E-state index is 0.0412. The van der Waals surface area contributed by atoms with Crippen molar-refractivity contribution in [2.45, 2.75) is 26.8 Å². The van der Waals surface area contributed by atoms with Gasteiger partial charge in [-0.05, 0) is 25.1 Å². The lowest BCUT2D eigenvalue weighted by atomic mass is 9.79. The molecular weight excluding hydrogens is 479 g/mol. The van der Waals surface area contributed by atoms with Gasteiger partial charge in [-0.25, -0.2) is 13.6 Å². The summed E-state index contributed by atoms with van der Waals surface area (Å²) in [6, 6.07) is 7.43. The summed E-state index contributed by atoms with van der Waals surface area (Å²) in [5.74, 6) is -0.803. The number of halogens is 2. The number of hydrogen-bond acceptors (Lipinski definition) is 6. The summed E-state index contributed by atoms with van der Waals surface area (Å²) < 4.78 is 40.9. The second kappa shape index (κ2) is 10.8. The lowest BCUT2D eigenvalue weighted by molar-refractivity contribution is 0.249. The van der Waals surface area contributed by atoms with E-state index in [4.69, 9.17) is 14.9 Å². The van der Waals surface area contributed by atoms with E-state index in [2.05, 4.69) is 9.97 Å². The lowest BCUT2D eigenvalue weighted by Crippen LogP contribution is -2.48. The molecule has 1 radical (unpaired) electrons. The second-order valence-corrected chi connectivity index (χ2v) is 8.27. The molecule has 1 aliphatic heterocycles. The number of carbonyl (C=O) groups excluding carboxylic acids is 1. The van der Waals surface area contributed by atoms with Crippen molar-refractivity contribution in [3.05, 3.63) is 77.3 Å². The summed E-state index contributed by atoms with van der Waals surface area (Å²) in [6.45, 7) is 3.38. The lowest BCUT2D eigenvalue weighted by Gasteiger charge is -2.37. The van der Waals surface area contributed by atoms with Crippen LogP contribution in [0.5, 0.6) is 11.5 Å². The van der Waals surface area contributed by atoms with Crippen LogP contribution in [0.3, 0.4) is 0 Å². The van der Waals surface area contributed by atoms with Crippen LogP contribution in [-0.4, -0.2) is 43.2 Å². The molecule has 0 bridgehead atoms. The molecule has 0 spiro atoms. The molecule has 37 heavy (non-hydrogen) atoms. The van der Waals surface area contributed by atoms with Crippen molar-refractivity contribution in [3.63, 3.8) is 0 Å². The van der Waals surface area contributed by atoms with Gasteiger partial charge in [0.05, 0.1) is 44.4 Å². The summed E-state index contributed by atoms with van der Waals surface area (Å²) >= 11 is 0. The number of rotatable bonds is 8. The molecule has 1 N–H and O–H groups in total. The minimum Gasteiger partial charge on any atom is -0.493 e. The first-order chi connectivity index (χ1) is 17.8. The average Bonchev–Trinajstić information content (AvgIpc) is 2.90. The van der Waals surface area contributed by atoms with E-state index in [1.807, 2.05) is 6.82 Å². The molecule has 4 rings (SSSR count). The van der Waals surface area contributed by atoms with Crippen molar-refractivity contribution in [2.75, 3.05) is 24.0 Å². The Hall–Kier alpha value is -4.28. The van der Waals surface area contributed by atoms with Gasteiger partial charge in [0.2, 0.25) is 0 Å². The summed E-state index contributed by atoms with van der Waals surface area (Å²) in [6.07, 6.45) is 3.15. The van der Waals surface area contributed by atoms with Crippen molar-refractivity contribution in [3.8, 4) is 11.5 Å². The Morgan fingerprint density at radius 3 is 2.43 bits per heavy atom. The molecule has 11 heteroatoms. The minimum atomic E-state index is -1.02. The largest absolute Gasteiger partial charge is 0.493 e. The van der Waals surface area contributed by atoms with Crippen LogP contribution in [0, 0.1) is 17.0 Å². The second-order valence-electron chi connectivity index (χ2n) is 8.27. The van der Waals surface area contributed by atoms with E-state index in [0.717, 1.165) is 11.0 Å². The highest BCUT2D eigenvalue weighted by Crippen LogP contribution is 2.41. The highest BCUT2D eigenvalue weighted by atomic mass is 19.1. The number of allylic oxidation sites excluding steroid dienone is 1. The van der Waals surface area contributed by atoms with Crippen LogP contribution in [0.4, 0.5) is 25.0 Å². The number of amides is 2. The SMILES string of the molecule is C[B]/C=C(\C(C)=N)c1cc2c(cn1)CN(c1c(F)c(OC)cc(OC)c1F)C(=O)N2Cc1ccccn1. The number of nitrogens with zero attached hydrogens (tertiary/aromatic N) is 4. The molecule has 0 saturated carbocycles. The Balaban J connectivity index is 1.89. The van der Waals surface area contributed by atoms with E-state index in [1.54, 1.807) is 56.8 Å². The number of urea groups is 1. The molecule has 0 unspecified atom stereocenters. The van der Waals surface area contributed by atoms with Gasteiger partial charge < -0.3 is 14.9 Å². The molecule has 0 atom stereocenters. The summed E-state index contributed by atoms with van der Waals surface area (Å²) in [7, 11) is 4.29. The zero-order chi connectivity index (χ0) is 26.7. The van der Waals surface area contributed by atoms with Crippen molar-refractivity contribution in [2.24, 2.45) is 0 Å². The number of anilines is 2. The van der Waals surface area contributed by atoms with E-state index >= 15 is 8.78 Å². The zero-order valence-electron chi connectivity index (χ0n) is 20.9. The van der Waals surface area contributed by atoms with E-state index in [0.29, 0.717) is 33.9 Å². The van der Waals surface area contributed by atoms with Gasteiger partial charge in [0.1, 0.15) is 13.0 Å². The maximum absolute atomic E-state index is 15.4. The molecule has 0 aliphatic carbocycles. The molecular formula is C26H25BF2N5O3. The fourth-order valence-electron chi connectivity index (χ4n) is 4.14. The number of ether oxygens (including phenoxy) is 2. The van der Waals surface area contributed by atoms with Gasteiger partial charge in [0.15, 0.2) is 23.1 Å². The van der Waals surface area contributed by atoms with Crippen LogP contribution in [0.15, 0.2) is 48.7 Å². The highest BCUT2D eigenvalue weighted by molar-refractivity contribution is 6.45. The normalized spacial score (nSPS) is 13.4. The smallest absolute Gasteiger partial charge is 0.329 e. The van der Waals surface area contributed by atoms with Gasteiger partial charge in [-0.3, -0.25) is 19.8 Å². The van der Waals surface area contributed by atoms with E-state index < -0.39 is 23.4 Å². The standard InChI is InChI=1S/C26H25BF2N5O3/c1-15(30)18(11-27-2)19-9-20-16(12-32-19)13-34(26(35)33(20)14-17-7-5-6-8-31-17)25-23(28)21(36-3)10-22(37-4)24(25)29/h5-12,30H,13-14H2,1-4H3/b18-11+,30-15?. The van der Waals surface area contributed by atoms with Gasteiger partial charge >= 0.3 is 6.03 Å². The fourth-order valence-corrected chi connectivity index (χ4v) is 4.14. The zero-order valence-corrected chi connectivity index (χ0v) is 20.9. The van der Waals surface area contributed by atoms with Crippen molar-refractivity contribution in [1.82, 2.24) is 9.97 Å². The molecule has 2 amide bonds. The topological polar surface area (TPSA) is 91.6 Å². The number of benzene rings is 1. The molecule has 0 fully saturated rings. The Morgan fingerprint density at radius 2 is 1.86 bits per heavy atom. The predicted molar refractivity (Wildman–Crippen MR) is 139 cm³/mol. The van der Waals surface area contributed by atoms with Crippen LogP contribution >= 0.6 is 0 Å². The van der Waals surface area contributed by atoms with Crippen LogP contribution < -0.4 is 19.3 Å². The van der Waals surface area contributed by atoms with Crippen LogP contribution in [0.2, 0.25) is 6.82 Å². The molecule has 0 saturated heterocycles. The third kappa shape index (κ3) is 4.89. The number of fused-ring (bicyclic) bond motifs is 1. The van der Waals surface area contributed by atoms with Crippen molar-refractivity contribution < 1.29 is 23.0 Å². The van der Waals surface area contributed by atoms with E-state index in [-0.39, 0.29) is 24.6 Å². The average molecular weight is 504 g/mol. The number of methoxy groups -OCH3 is 2. The maximum atomic E-state index is 15.4. The molecule has 3 aromatic rings. The number of nitrogens with one attached hydrogen (secondary N) is 1. The van der Waals surface area contributed by atoms with Crippen LogP contribution in [0.1, 0.15) is 23.9 Å². The van der Waals surface area contributed by atoms with Crippen LogP contribution in [-0.2, 0) is 13.1 Å². The molecule has 8 nitrogen and oxygen atoms in total. The number of hydrogen-bond donors (Lipinski definition) is 1. The Labute approximate surface area is 214 Å².